The molecule has 2 heteroatoms. The average molecular weight is 240 g/mol. The lowest BCUT2D eigenvalue weighted by Gasteiger charge is -2.05. The lowest BCUT2D eigenvalue weighted by molar-refractivity contribution is 0.601. The van der Waals surface area contributed by atoms with Crippen LogP contribution in [0.1, 0.15) is 31.7 Å². The molecule has 0 spiro atoms. The van der Waals surface area contributed by atoms with E-state index in [9.17, 15) is 0 Å². The third-order valence-electron chi connectivity index (χ3n) is 2.63. The number of aryl methyl sites for hydroxylation is 1. The van der Waals surface area contributed by atoms with Gasteiger partial charge in [0.25, 0.3) is 0 Å². The van der Waals surface area contributed by atoms with Crippen LogP contribution in [0.4, 0.5) is 0 Å². The van der Waals surface area contributed by atoms with Gasteiger partial charge in [-0.1, -0.05) is 30.3 Å². The molecule has 0 radical (unpaired) electrons. The fourth-order valence-electron chi connectivity index (χ4n) is 1.65. The van der Waals surface area contributed by atoms with Crippen LogP contribution in [0.15, 0.2) is 30.3 Å². The summed E-state index contributed by atoms with van der Waals surface area (Å²) in [5.74, 6) is 0. The molecule has 0 saturated carbocycles. The van der Waals surface area contributed by atoms with Crippen molar-refractivity contribution < 1.29 is 0 Å². The summed E-state index contributed by atoms with van der Waals surface area (Å²) in [6.07, 6.45) is 4.74. The van der Waals surface area contributed by atoms with E-state index in [1.165, 1.54) is 24.8 Å². The Morgan fingerprint density at radius 2 is 1.88 bits per heavy atom. The van der Waals surface area contributed by atoms with Crippen LogP contribution in [0.2, 0.25) is 0 Å². The van der Waals surface area contributed by atoms with Gasteiger partial charge in [0.1, 0.15) is 0 Å². The smallest absolute Gasteiger partial charge is 0.0319 e. The fourth-order valence-corrected chi connectivity index (χ4v) is 1.76. The summed E-state index contributed by atoms with van der Waals surface area (Å²) in [7, 11) is 0. The lowest BCUT2D eigenvalue weighted by Crippen LogP contribution is -2.18. The molecular weight excluding hydrogens is 218 g/mol. The molecule has 1 unspecified atom stereocenters. The second-order valence-corrected chi connectivity index (χ2v) is 5.01. The highest BCUT2D eigenvalue weighted by Gasteiger charge is 1.95. The molecule has 0 aliphatic heterocycles. The summed E-state index contributed by atoms with van der Waals surface area (Å²) in [5, 5.41) is 3.71. The van der Waals surface area contributed by atoms with E-state index in [2.05, 4.69) is 35.6 Å². The molecule has 1 rings (SSSR count). The molecule has 90 valence electrons. The summed E-state index contributed by atoms with van der Waals surface area (Å²) >= 11 is 5.86. The normalized spacial score (nSPS) is 12.6. The fraction of sp³-hybridized carbons (Fsp3) is 0.571. The van der Waals surface area contributed by atoms with E-state index < -0.39 is 0 Å². The summed E-state index contributed by atoms with van der Waals surface area (Å²) in [6.45, 7) is 4.19. The topological polar surface area (TPSA) is 12.0 Å². The standard InChI is InChI=1S/C14H22ClN/c1-13(15)10-12-16-11-6-5-9-14-7-3-2-4-8-14/h2-4,7-8,13,16H,5-6,9-12H2,1H3. The summed E-state index contributed by atoms with van der Waals surface area (Å²) in [5.41, 5.74) is 1.44. The van der Waals surface area contributed by atoms with Crippen molar-refractivity contribution in [2.24, 2.45) is 0 Å². The molecule has 1 nitrogen and oxygen atoms in total. The van der Waals surface area contributed by atoms with E-state index >= 15 is 0 Å². The minimum atomic E-state index is 0.289. The predicted octanol–water partition coefficient (Wildman–Crippen LogP) is 3.62. The van der Waals surface area contributed by atoms with Crippen molar-refractivity contribution in [3.8, 4) is 0 Å². The Bertz CT molecular complexity index is 259. The van der Waals surface area contributed by atoms with Gasteiger partial charge < -0.3 is 5.32 Å². The number of benzene rings is 1. The zero-order valence-corrected chi connectivity index (χ0v) is 10.8. The van der Waals surface area contributed by atoms with Crippen molar-refractivity contribution in [1.82, 2.24) is 5.32 Å². The van der Waals surface area contributed by atoms with Crippen molar-refractivity contribution in [3.05, 3.63) is 35.9 Å². The Kier molecular flexibility index (Phi) is 7.28. The van der Waals surface area contributed by atoms with Gasteiger partial charge in [0, 0.05) is 5.38 Å². The number of halogens is 1. The first-order valence-electron chi connectivity index (χ1n) is 6.18. The van der Waals surface area contributed by atoms with Crippen molar-refractivity contribution in [2.75, 3.05) is 13.1 Å². The second kappa shape index (κ2) is 8.60. The maximum Gasteiger partial charge on any atom is 0.0319 e. The Balaban J connectivity index is 1.93. The van der Waals surface area contributed by atoms with Crippen LogP contribution < -0.4 is 5.32 Å². The largest absolute Gasteiger partial charge is 0.317 e. The molecule has 1 aromatic rings. The van der Waals surface area contributed by atoms with E-state index in [1.807, 2.05) is 6.92 Å². The second-order valence-electron chi connectivity index (χ2n) is 4.26. The molecule has 0 saturated heterocycles. The molecule has 0 bridgehead atoms. The molecule has 0 fully saturated rings. The molecular formula is C14H22ClN. The van der Waals surface area contributed by atoms with Gasteiger partial charge in [0.15, 0.2) is 0 Å². The summed E-state index contributed by atoms with van der Waals surface area (Å²) < 4.78 is 0. The number of rotatable bonds is 8. The molecule has 0 aliphatic carbocycles. The molecule has 16 heavy (non-hydrogen) atoms. The Morgan fingerprint density at radius 3 is 2.56 bits per heavy atom. The van der Waals surface area contributed by atoms with Gasteiger partial charge in [0.2, 0.25) is 0 Å². The molecule has 0 aromatic heterocycles. The highest BCUT2D eigenvalue weighted by Crippen LogP contribution is 2.04. The van der Waals surface area contributed by atoms with Crippen LogP contribution in [-0.4, -0.2) is 18.5 Å². The van der Waals surface area contributed by atoms with Gasteiger partial charge in [-0.05, 0) is 51.3 Å². The van der Waals surface area contributed by atoms with Crippen LogP contribution >= 0.6 is 11.6 Å². The molecule has 1 aromatic carbocycles. The van der Waals surface area contributed by atoms with Crippen LogP contribution in [0, 0.1) is 0 Å². The van der Waals surface area contributed by atoms with Gasteiger partial charge in [-0.15, -0.1) is 11.6 Å². The molecule has 1 N–H and O–H groups in total. The molecule has 1 atom stereocenters. The highest BCUT2D eigenvalue weighted by molar-refractivity contribution is 6.20. The van der Waals surface area contributed by atoms with Gasteiger partial charge in [-0.25, -0.2) is 0 Å². The van der Waals surface area contributed by atoms with Gasteiger partial charge in [-0.3, -0.25) is 0 Å². The van der Waals surface area contributed by atoms with E-state index in [4.69, 9.17) is 11.6 Å². The van der Waals surface area contributed by atoms with Crippen molar-refractivity contribution in [3.63, 3.8) is 0 Å². The van der Waals surface area contributed by atoms with Gasteiger partial charge >= 0.3 is 0 Å². The number of unbranched alkanes of at least 4 members (excludes halogenated alkanes) is 1. The van der Waals surface area contributed by atoms with E-state index in [1.54, 1.807) is 0 Å². The van der Waals surface area contributed by atoms with Gasteiger partial charge in [0.05, 0.1) is 0 Å². The zero-order valence-electron chi connectivity index (χ0n) is 10.1. The predicted molar refractivity (Wildman–Crippen MR) is 72.2 cm³/mol. The van der Waals surface area contributed by atoms with Crippen LogP contribution in [0.25, 0.3) is 0 Å². The maximum absolute atomic E-state index is 5.86. The minimum Gasteiger partial charge on any atom is -0.317 e. The van der Waals surface area contributed by atoms with Gasteiger partial charge in [-0.2, -0.15) is 0 Å². The molecule has 0 amide bonds. The van der Waals surface area contributed by atoms with E-state index in [0.717, 1.165) is 19.5 Å². The van der Waals surface area contributed by atoms with Crippen molar-refractivity contribution >= 4 is 11.6 Å². The monoisotopic (exact) mass is 239 g/mol. The number of nitrogens with one attached hydrogen (secondary N) is 1. The first-order valence-corrected chi connectivity index (χ1v) is 6.61. The first kappa shape index (κ1) is 13.5. The Hall–Kier alpha value is -0.530. The van der Waals surface area contributed by atoms with E-state index in [0.29, 0.717) is 0 Å². The number of hydrogen-bond donors (Lipinski definition) is 1. The minimum absolute atomic E-state index is 0.289. The third-order valence-corrected chi connectivity index (χ3v) is 2.85. The summed E-state index contributed by atoms with van der Waals surface area (Å²) in [6, 6.07) is 10.7. The SMILES string of the molecule is CC(Cl)CCNCCCCc1ccccc1. The number of alkyl halides is 1. The third kappa shape index (κ3) is 6.86. The lowest BCUT2D eigenvalue weighted by atomic mass is 10.1. The van der Waals surface area contributed by atoms with Crippen LogP contribution in [0.5, 0.6) is 0 Å². The summed E-state index contributed by atoms with van der Waals surface area (Å²) in [4.78, 5) is 0. The van der Waals surface area contributed by atoms with E-state index in [-0.39, 0.29) is 5.38 Å². The zero-order chi connectivity index (χ0) is 11.6. The van der Waals surface area contributed by atoms with Crippen molar-refractivity contribution in [2.45, 2.75) is 38.0 Å². The van der Waals surface area contributed by atoms with Crippen LogP contribution in [0.3, 0.4) is 0 Å². The Labute approximate surface area is 104 Å². The molecule has 0 heterocycles. The highest BCUT2D eigenvalue weighted by atomic mass is 35.5. The Morgan fingerprint density at radius 1 is 1.12 bits per heavy atom. The maximum atomic E-state index is 5.86. The molecule has 0 aliphatic rings. The average Bonchev–Trinajstić information content (AvgIpc) is 2.29. The van der Waals surface area contributed by atoms with Crippen LogP contribution in [-0.2, 0) is 6.42 Å². The number of hydrogen-bond acceptors (Lipinski definition) is 1. The first-order chi connectivity index (χ1) is 7.79. The quantitative estimate of drug-likeness (QED) is 0.540. The van der Waals surface area contributed by atoms with Crippen molar-refractivity contribution in [1.29, 1.82) is 0 Å².